The van der Waals surface area contributed by atoms with Crippen LogP contribution in [-0.4, -0.2) is 38.8 Å². The van der Waals surface area contributed by atoms with Crippen LogP contribution in [-0.2, 0) is 9.84 Å². The lowest BCUT2D eigenvalue weighted by Gasteiger charge is -1.98. The molecule has 56 valence electrons. The Bertz CT molecular complexity index is 139. The van der Waals surface area contributed by atoms with Crippen molar-refractivity contribution in [2.24, 2.45) is 0 Å². The summed E-state index contributed by atoms with van der Waals surface area (Å²) in [4.78, 5) is 0. The second kappa shape index (κ2) is 3.81. The van der Waals surface area contributed by atoms with Crippen LogP contribution in [0.3, 0.4) is 0 Å². The molecule has 0 fully saturated rings. The maximum Gasteiger partial charge on any atom is 0.165 e. The number of nitrogens with one attached hydrogen (secondary N) is 1. The van der Waals surface area contributed by atoms with Gasteiger partial charge < -0.3 is 10.4 Å². The molecule has 2 N–H and O–H groups in total. The van der Waals surface area contributed by atoms with Crippen LogP contribution in [0.4, 0.5) is 0 Å². The topological polar surface area (TPSA) is 66.4 Å². The molecule has 4 nitrogen and oxygen atoms in total. The Morgan fingerprint density at radius 1 is 1.56 bits per heavy atom. The van der Waals surface area contributed by atoms with Gasteiger partial charge in [0.05, 0.1) is 18.2 Å². The minimum Gasteiger partial charge on any atom is -0.395 e. The van der Waals surface area contributed by atoms with Gasteiger partial charge in [-0.1, -0.05) is 0 Å². The summed E-state index contributed by atoms with van der Waals surface area (Å²) in [6.07, 6.45) is 0. The zero-order valence-electron chi connectivity index (χ0n) is 5.29. The number of sulfone groups is 1. The van der Waals surface area contributed by atoms with Gasteiger partial charge in [-0.15, -0.1) is 0 Å². The van der Waals surface area contributed by atoms with Crippen molar-refractivity contribution in [1.29, 1.82) is 0 Å². The molecular formula is C4H11NO3S. The van der Waals surface area contributed by atoms with Crippen LogP contribution in [0, 0.1) is 0 Å². The SMILES string of the molecule is CNCS(=O)(=O)CCO. The van der Waals surface area contributed by atoms with Gasteiger partial charge in [-0.2, -0.15) is 0 Å². The van der Waals surface area contributed by atoms with Gasteiger partial charge in [-0.25, -0.2) is 8.42 Å². The van der Waals surface area contributed by atoms with E-state index in [0.29, 0.717) is 0 Å². The normalized spacial score (nSPS) is 11.8. The van der Waals surface area contributed by atoms with E-state index in [-0.39, 0.29) is 18.2 Å². The fourth-order valence-electron chi connectivity index (χ4n) is 0.431. The van der Waals surface area contributed by atoms with Gasteiger partial charge in [-0.3, -0.25) is 0 Å². The van der Waals surface area contributed by atoms with Gasteiger partial charge in [0.1, 0.15) is 0 Å². The van der Waals surface area contributed by atoms with Crippen LogP contribution >= 0.6 is 0 Å². The molecule has 0 aliphatic carbocycles. The lowest BCUT2D eigenvalue weighted by Crippen LogP contribution is -2.22. The molecule has 0 radical (unpaired) electrons. The van der Waals surface area contributed by atoms with E-state index in [4.69, 9.17) is 5.11 Å². The summed E-state index contributed by atoms with van der Waals surface area (Å²) in [5.74, 6) is -0.221. The van der Waals surface area contributed by atoms with Crippen molar-refractivity contribution >= 4 is 9.84 Å². The number of hydrogen-bond donors (Lipinski definition) is 2. The average Bonchev–Trinajstić information content (AvgIpc) is 1.64. The van der Waals surface area contributed by atoms with Crippen LogP contribution in [0.25, 0.3) is 0 Å². The standard InChI is InChI=1S/C4H11NO3S/c1-5-4-9(7,8)3-2-6/h5-6H,2-4H2,1H3. The van der Waals surface area contributed by atoms with E-state index in [1.54, 1.807) is 7.05 Å². The second-order valence-electron chi connectivity index (χ2n) is 1.67. The van der Waals surface area contributed by atoms with E-state index in [1.807, 2.05) is 0 Å². The summed E-state index contributed by atoms with van der Waals surface area (Å²) >= 11 is 0. The highest BCUT2D eigenvalue weighted by molar-refractivity contribution is 7.91. The fraction of sp³-hybridized carbons (Fsp3) is 1.00. The molecule has 0 spiro atoms. The quantitative estimate of drug-likeness (QED) is 0.519. The van der Waals surface area contributed by atoms with E-state index in [0.717, 1.165) is 0 Å². The molecule has 0 saturated carbocycles. The Labute approximate surface area is 54.8 Å². The molecule has 0 aliphatic heterocycles. The van der Waals surface area contributed by atoms with Crippen LogP contribution in [0.2, 0.25) is 0 Å². The van der Waals surface area contributed by atoms with Crippen molar-refractivity contribution in [3.63, 3.8) is 0 Å². The predicted octanol–water partition coefficient (Wildman–Crippen LogP) is -1.43. The van der Waals surface area contributed by atoms with E-state index < -0.39 is 9.84 Å². The Morgan fingerprint density at radius 2 is 2.11 bits per heavy atom. The van der Waals surface area contributed by atoms with Gasteiger partial charge in [-0.05, 0) is 7.05 Å². The molecule has 0 rings (SSSR count). The number of hydrogen-bond acceptors (Lipinski definition) is 4. The smallest absolute Gasteiger partial charge is 0.165 e. The first-order valence-corrected chi connectivity index (χ1v) is 4.40. The third-order valence-electron chi connectivity index (χ3n) is 0.767. The molecule has 5 heteroatoms. The Kier molecular flexibility index (Phi) is 3.76. The second-order valence-corrected chi connectivity index (χ2v) is 3.85. The zero-order valence-corrected chi connectivity index (χ0v) is 6.11. The third kappa shape index (κ3) is 4.38. The Morgan fingerprint density at radius 3 is 2.44 bits per heavy atom. The first kappa shape index (κ1) is 8.87. The largest absolute Gasteiger partial charge is 0.395 e. The molecular weight excluding hydrogens is 142 g/mol. The first-order valence-electron chi connectivity index (χ1n) is 2.58. The highest BCUT2D eigenvalue weighted by Crippen LogP contribution is 1.83. The predicted molar refractivity (Wildman–Crippen MR) is 34.8 cm³/mol. The van der Waals surface area contributed by atoms with Gasteiger partial charge in [0.2, 0.25) is 0 Å². The summed E-state index contributed by atoms with van der Waals surface area (Å²) in [5.41, 5.74) is 0. The summed E-state index contributed by atoms with van der Waals surface area (Å²) < 4.78 is 21.2. The van der Waals surface area contributed by atoms with Crippen molar-refractivity contribution < 1.29 is 13.5 Å². The van der Waals surface area contributed by atoms with E-state index in [1.165, 1.54) is 0 Å². The first-order chi connectivity index (χ1) is 4.12. The summed E-state index contributed by atoms with van der Waals surface area (Å²) in [6.45, 7) is -0.302. The lowest BCUT2D eigenvalue weighted by atomic mass is 10.9. The lowest BCUT2D eigenvalue weighted by molar-refractivity contribution is 0.319. The Hall–Kier alpha value is -0.130. The van der Waals surface area contributed by atoms with Crippen molar-refractivity contribution in [3.8, 4) is 0 Å². The van der Waals surface area contributed by atoms with E-state index >= 15 is 0 Å². The van der Waals surface area contributed by atoms with Crippen molar-refractivity contribution in [1.82, 2.24) is 5.32 Å². The van der Waals surface area contributed by atoms with Crippen LogP contribution in [0.5, 0.6) is 0 Å². The zero-order chi connectivity index (χ0) is 7.33. The van der Waals surface area contributed by atoms with Gasteiger partial charge >= 0.3 is 0 Å². The van der Waals surface area contributed by atoms with Gasteiger partial charge in [0, 0.05) is 0 Å². The molecule has 0 aliphatic rings. The number of aliphatic hydroxyl groups is 1. The molecule has 0 aromatic rings. The van der Waals surface area contributed by atoms with Gasteiger partial charge in [0.25, 0.3) is 0 Å². The molecule has 9 heavy (non-hydrogen) atoms. The average molecular weight is 153 g/mol. The van der Waals surface area contributed by atoms with Crippen molar-refractivity contribution in [2.75, 3.05) is 25.3 Å². The minimum absolute atomic E-state index is 0.0619. The highest BCUT2D eigenvalue weighted by atomic mass is 32.2. The molecule has 0 unspecified atom stereocenters. The summed E-state index contributed by atoms with van der Waals surface area (Å²) in [7, 11) is -1.49. The molecule has 0 heterocycles. The van der Waals surface area contributed by atoms with E-state index in [9.17, 15) is 8.42 Å². The maximum absolute atomic E-state index is 10.6. The molecule has 0 aromatic carbocycles. The van der Waals surface area contributed by atoms with Crippen molar-refractivity contribution in [3.05, 3.63) is 0 Å². The fourth-order valence-corrected chi connectivity index (χ4v) is 1.29. The Balaban J connectivity index is 3.73. The number of aliphatic hydroxyl groups excluding tert-OH is 1. The molecule has 0 bridgehead atoms. The monoisotopic (exact) mass is 153 g/mol. The van der Waals surface area contributed by atoms with Crippen LogP contribution in [0.1, 0.15) is 0 Å². The summed E-state index contributed by atoms with van der Waals surface area (Å²) in [5, 5.41) is 10.7. The van der Waals surface area contributed by atoms with Gasteiger partial charge in [0.15, 0.2) is 9.84 Å². The molecule has 0 amide bonds. The molecule has 0 aromatic heterocycles. The van der Waals surface area contributed by atoms with Crippen LogP contribution < -0.4 is 5.32 Å². The third-order valence-corrected chi connectivity index (χ3v) is 2.30. The molecule has 0 atom stereocenters. The molecule has 0 saturated heterocycles. The van der Waals surface area contributed by atoms with E-state index in [2.05, 4.69) is 5.32 Å². The van der Waals surface area contributed by atoms with Crippen LogP contribution in [0.15, 0.2) is 0 Å². The van der Waals surface area contributed by atoms with Crippen molar-refractivity contribution in [2.45, 2.75) is 0 Å². The summed E-state index contributed by atoms with van der Waals surface area (Å²) in [6, 6.07) is 0. The minimum atomic E-state index is -3.04. The maximum atomic E-state index is 10.6. The number of rotatable bonds is 4. The highest BCUT2D eigenvalue weighted by Gasteiger charge is 2.06.